The van der Waals surface area contributed by atoms with Gasteiger partial charge in [0.25, 0.3) is 11.1 Å². The number of rotatable bonds is 4. The van der Waals surface area contributed by atoms with E-state index < -0.39 is 23.2 Å². The van der Waals surface area contributed by atoms with Crippen LogP contribution in [0.1, 0.15) is 58.1 Å². The average Bonchev–Trinajstić information content (AvgIpc) is 2.92. The summed E-state index contributed by atoms with van der Waals surface area (Å²) < 4.78 is 4.95. The van der Waals surface area contributed by atoms with Crippen molar-refractivity contribution in [1.82, 2.24) is 4.90 Å². The summed E-state index contributed by atoms with van der Waals surface area (Å²) in [6.45, 7) is 10.1. The normalized spacial score (nSPS) is 23.4. The second kappa shape index (κ2) is 7.86. The quantitative estimate of drug-likeness (QED) is 0.535. The molecule has 0 spiro atoms. The first kappa shape index (κ1) is 21.4. The van der Waals surface area contributed by atoms with Gasteiger partial charge in [0.1, 0.15) is 6.04 Å². The van der Waals surface area contributed by atoms with E-state index in [1.165, 1.54) is 18.2 Å². The maximum atomic E-state index is 12.8. The van der Waals surface area contributed by atoms with Crippen molar-refractivity contribution in [3.8, 4) is 0 Å². The predicted molar refractivity (Wildman–Crippen MR) is 116 cm³/mol. The van der Waals surface area contributed by atoms with Gasteiger partial charge in [-0.3, -0.25) is 14.5 Å². The lowest BCUT2D eigenvalue weighted by molar-refractivity contribution is -0.150. The van der Waals surface area contributed by atoms with Crippen molar-refractivity contribution in [3.63, 3.8) is 0 Å². The van der Waals surface area contributed by atoms with Crippen molar-refractivity contribution in [3.05, 3.63) is 34.2 Å². The lowest BCUT2D eigenvalue weighted by Crippen LogP contribution is -2.45. The monoisotopic (exact) mass is 416 g/mol. The number of carbonyl (C=O) groups is 3. The Bertz CT molecular complexity index is 893. The van der Waals surface area contributed by atoms with Crippen LogP contribution in [0, 0.1) is 0 Å². The highest BCUT2D eigenvalue weighted by Gasteiger charge is 2.41. The van der Waals surface area contributed by atoms with Crippen LogP contribution < -0.4 is 4.90 Å². The average molecular weight is 417 g/mol. The summed E-state index contributed by atoms with van der Waals surface area (Å²) in [4.78, 5) is 40.7. The number of anilines is 1. The zero-order chi connectivity index (χ0) is 21.5. The molecule has 2 amide bonds. The number of nitrogens with zero attached hydrogens (tertiary/aromatic N) is 2. The Morgan fingerprint density at radius 3 is 2.72 bits per heavy atom. The fraction of sp³-hybridized carbons (Fsp3) is 0.500. The molecule has 1 saturated heterocycles. The molecule has 0 bridgehead atoms. The summed E-state index contributed by atoms with van der Waals surface area (Å²) in [7, 11) is 2.10. The number of imide groups is 1. The van der Waals surface area contributed by atoms with Crippen LogP contribution in [-0.4, -0.2) is 47.3 Å². The van der Waals surface area contributed by atoms with E-state index in [0.717, 1.165) is 28.6 Å². The number of hydrogen-bond donors (Lipinski definition) is 0. The van der Waals surface area contributed by atoms with Crippen molar-refractivity contribution in [1.29, 1.82) is 0 Å². The SMILES string of the molecule is CCOC(=O)[C@@H](C)N1C(=O)S/C(=C/c2ccc3c(c2)[C@H](C)CC(C)(C)N3C)C1=O. The topological polar surface area (TPSA) is 66.9 Å². The molecule has 2 atom stereocenters. The molecule has 7 heteroatoms. The van der Waals surface area contributed by atoms with E-state index >= 15 is 0 Å². The highest BCUT2D eigenvalue weighted by atomic mass is 32.2. The minimum Gasteiger partial charge on any atom is -0.464 e. The summed E-state index contributed by atoms with van der Waals surface area (Å²) in [6.07, 6.45) is 2.77. The fourth-order valence-corrected chi connectivity index (χ4v) is 4.93. The zero-order valence-corrected chi connectivity index (χ0v) is 18.6. The van der Waals surface area contributed by atoms with Gasteiger partial charge in [-0.15, -0.1) is 0 Å². The molecular formula is C22H28N2O4S. The molecule has 0 N–H and O–H groups in total. The maximum absolute atomic E-state index is 12.8. The van der Waals surface area contributed by atoms with E-state index in [1.54, 1.807) is 13.0 Å². The molecule has 0 aliphatic carbocycles. The third kappa shape index (κ3) is 3.92. The Morgan fingerprint density at radius 1 is 1.38 bits per heavy atom. The molecule has 29 heavy (non-hydrogen) atoms. The first-order valence-electron chi connectivity index (χ1n) is 9.88. The van der Waals surface area contributed by atoms with Gasteiger partial charge in [0, 0.05) is 18.3 Å². The van der Waals surface area contributed by atoms with Gasteiger partial charge in [-0.2, -0.15) is 0 Å². The first-order chi connectivity index (χ1) is 13.6. The third-order valence-electron chi connectivity index (χ3n) is 5.79. The third-order valence-corrected chi connectivity index (χ3v) is 6.68. The van der Waals surface area contributed by atoms with E-state index in [1.807, 2.05) is 6.07 Å². The fourth-order valence-electron chi connectivity index (χ4n) is 4.02. The van der Waals surface area contributed by atoms with Gasteiger partial charge < -0.3 is 9.64 Å². The molecule has 2 aliphatic heterocycles. The number of ether oxygens (including phenoxy) is 1. The summed E-state index contributed by atoms with van der Waals surface area (Å²) in [5.74, 6) is -0.641. The predicted octanol–water partition coefficient (Wildman–Crippen LogP) is 4.40. The van der Waals surface area contributed by atoms with E-state index in [2.05, 4.69) is 44.9 Å². The van der Waals surface area contributed by atoms with Gasteiger partial charge >= 0.3 is 5.97 Å². The van der Waals surface area contributed by atoms with Crippen LogP contribution in [0.3, 0.4) is 0 Å². The van der Waals surface area contributed by atoms with Gasteiger partial charge in [-0.25, -0.2) is 4.79 Å². The standard InChI is InChI=1S/C22H28N2O4S/c1-7-28-20(26)14(3)24-19(25)18(29-21(24)27)11-15-8-9-17-16(10-15)13(2)12-22(4,5)23(17)6/h8-11,13-14H,7,12H2,1-6H3/b18-11+/t13-,14-/m1/s1. The molecule has 1 fully saturated rings. The molecule has 3 rings (SSSR count). The van der Waals surface area contributed by atoms with Crippen LogP contribution in [0.5, 0.6) is 0 Å². The summed E-state index contributed by atoms with van der Waals surface area (Å²) in [6, 6.07) is 5.19. The van der Waals surface area contributed by atoms with E-state index in [0.29, 0.717) is 10.8 Å². The number of amides is 2. The number of fused-ring (bicyclic) bond motifs is 1. The Balaban J connectivity index is 1.88. The number of carbonyl (C=O) groups excluding carboxylic acids is 3. The van der Waals surface area contributed by atoms with Crippen molar-refractivity contribution >= 4 is 40.6 Å². The van der Waals surface area contributed by atoms with Crippen LogP contribution >= 0.6 is 11.8 Å². The van der Waals surface area contributed by atoms with Crippen LogP contribution in [0.25, 0.3) is 6.08 Å². The zero-order valence-electron chi connectivity index (χ0n) is 17.8. The van der Waals surface area contributed by atoms with E-state index in [4.69, 9.17) is 4.74 Å². The van der Waals surface area contributed by atoms with Gasteiger partial charge in [0.15, 0.2) is 0 Å². The molecule has 2 aliphatic rings. The summed E-state index contributed by atoms with van der Waals surface area (Å²) >= 11 is 0.859. The van der Waals surface area contributed by atoms with Crippen LogP contribution in [-0.2, 0) is 14.3 Å². The van der Waals surface area contributed by atoms with E-state index in [-0.39, 0.29) is 12.1 Å². The molecule has 0 saturated carbocycles. The molecule has 1 aromatic carbocycles. The van der Waals surface area contributed by atoms with Gasteiger partial charge in [-0.05, 0) is 81.1 Å². The van der Waals surface area contributed by atoms with E-state index in [9.17, 15) is 14.4 Å². The Hall–Kier alpha value is -2.28. The number of hydrogen-bond acceptors (Lipinski definition) is 6. The number of esters is 1. The molecule has 0 radical (unpaired) electrons. The molecule has 156 valence electrons. The molecular weight excluding hydrogens is 388 g/mol. The Kier molecular flexibility index (Phi) is 5.81. The van der Waals surface area contributed by atoms with Crippen molar-refractivity contribution < 1.29 is 19.1 Å². The molecule has 0 unspecified atom stereocenters. The smallest absolute Gasteiger partial charge is 0.329 e. The number of thioether (sulfide) groups is 1. The van der Waals surface area contributed by atoms with Crippen molar-refractivity contribution in [2.75, 3.05) is 18.6 Å². The second-order valence-corrected chi connectivity index (χ2v) is 9.27. The Morgan fingerprint density at radius 2 is 2.07 bits per heavy atom. The molecule has 6 nitrogen and oxygen atoms in total. The van der Waals surface area contributed by atoms with Crippen molar-refractivity contribution in [2.45, 2.75) is 58.5 Å². The first-order valence-corrected chi connectivity index (χ1v) is 10.7. The highest BCUT2D eigenvalue weighted by Crippen LogP contribution is 2.43. The summed E-state index contributed by atoms with van der Waals surface area (Å²) in [5.41, 5.74) is 3.38. The van der Waals surface area contributed by atoms with Crippen LogP contribution in [0.2, 0.25) is 0 Å². The number of benzene rings is 1. The maximum Gasteiger partial charge on any atom is 0.329 e. The molecule has 2 heterocycles. The van der Waals surface area contributed by atoms with Crippen LogP contribution in [0.15, 0.2) is 23.1 Å². The lowest BCUT2D eigenvalue weighted by atomic mass is 9.80. The second-order valence-electron chi connectivity index (χ2n) is 8.27. The minimum atomic E-state index is -0.937. The summed E-state index contributed by atoms with van der Waals surface area (Å²) in [5, 5.41) is -0.449. The largest absolute Gasteiger partial charge is 0.464 e. The highest BCUT2D eigenvalue weighted by molar-refractivity contribution is 8.18. The Labute approximate surface area is 176 Å². The molecule has 1 aromatic rings. The lowest BCUT2D eigenvalue weighted by Gasteiger charge is -2.45. The molecule has 0 aromatic heterocycles. The van der Waals surface area contributed by atoms with Crippen LogP contribution in [0.4, 0.5) is 10.5 Å². The van der Waals surface area contributed by atoms with Gasteiger partial charge in [0.05, 0.1) is 11.5 Å². The minimum absolute atomic E-state index is 0.0832. The van der Waals surface area contributed by atoms with Gasteiger partial charge in [-0.1, -0.05) is 13.0 Å². The van der Waals surface area contributed by atoms with Crippen molar-refractivity contribution in [2.24, 2.45) is 0 Å². The van der Waals surface area contributed by atoms with Gasteiger partial charge in [0.2, 0.25) is 0 Å².